The smallest absolute Gasteiger partial charge is 0.113 e. The first-order valence-corrected chi connectivity index (χ1v) is 7.22. The Balaban J connectivity index is 2.01. The molecule has 0 aliphatic heterocycles. The zero-order valence-electron chi connectivity index (χ0n) is 8.76. The number of aliphatic hydroxyl groups is 1. The van der Waals surface area contributed by atoms with Crippen molar-refractivity contribution in [2.24, 2.45) is 0 Å². The summed E-state index contributed by atoms with van der Waals surface area (Å²) in [6.07, 6.45) is -0.585. The summed E-state index contributed by atoms with van der Waals surface area (Å²) in [7, 11) is 0. The quantitative estimate of drug-likeness (QED) is 0.721. The maximum atomic E-state index is 10.3. The van der Waals surface area contributed by atoms with E-state index in [1.54, 1.807) is 28.7 Å². The second-order valence-electron chi connectivity index (χ2n) is 3.76. The van der Waals surface area contributed by atoms with Gasteiger partial charge in [0.15, 0.2) is 0 Å². The fourth-order valence-electron chi connectivity index (χ4n) is 1.76. The van der Waals surface area contributed by atoms with Crippen LogP contribution in [0.5, 0.6) is 0 Å². The van der Waals surface area contributed by atoms with E-state index in [4.69, 9.17) is 11.6 Å². The number of hydrogen-bond donors (Lipinski definition) is 1. The zero-order chi connectivity index (χ0) is 11.8. The Kier molecular flexibility index (Phi) is 2.92. The van der Waals surface area contributed by atoms with Gasteiger partial charge in [-0.2, -0.15) is 0 Å². The number of rotatable bonds is 2. The Hall–Kier alpha value is -0.870. The first kappa shape index (κ1) is 11.2. The van der Waals surface area contributed by atoms with Crippen LogP contribution in [0, 0.1) is 0 Å². The fourth-order valence-corrected chi connectivity index (χ4v) is 4.09. The SMILES string of the molecule is OC(c1cccc(Cl)c1)c1cc2sccc2s1. The van der Waals surface area contributed by atoms with Gasteiger partial charge in [0.25, 0.3) is 0 Å². The summed E-state index contributed by atoms with van der Waals surface area (Å²) in [4.78, 5) is 0.967. The van der Waals surface area contributed by atoms with E-state index < -0.39 is 6.10 Å². The molecule has 0 spiro atoms. The molecule has 86 valence electrons. The lowest BCUT2D eigenvalue weighted by atomic mass is 10.1. The topological polar surface area (TPSA) is 20.2 Å². The van der Waals surface area contributed by atoms with E-state index in [1.807, 2.05) is 18.2 Å². The van der Waals surface area contributed by atoms with Crippen LogP contribution in [-0.4, -0.2) is 5.11 Å². The van der Waals surface area contributed by atoms with Gasteiger partial charge in [0.05, 0.1) is 0 Å². The van der Waals surface area contributed by atoms with Crippen molar-refractivity contribution >= 4 is 43.7 Å². The number of benzene rings is 1. The summed E-state index contributed by atoms with van der Waals surface area (Å²) < 4.78 is 2.46. The molecule has 0 saturated carbocycles. The summed E-state index contributed by atoms with van der Waals surface area (Å²) in [6, 6.07) is 11.5. The van der Waals surface area contributed by atoms with Crippen LogP contribution in [0.1, 0.15) is 16.5 Å². The van der Waals surface area contributed by atoms with Crippen LogP contribution in [0.15, 0.2) is 41.8 Å². The van der Waals surface area contributed by atoms with E-state index in [1.165, 1.54) is 9.40 Å². The Morgan fingerprint density at radius 1 is 1.12 bits per heavy atom. The molecule has 17 heavy (non-hydrogen) atoms. The predicted molar refractivity (Wildman–Crippen MR) is 75.2 cm³/mol. The van der Waals surface area contributed by atoms with Crippen LogP contribution in [0.4, 0.5) is 0 Å². The molecule has 1 N–H and O–H groups in total. The lowest BCUT2D eigenvalue weighted by Crippen LogP contribution is -1.96. The molecule has 2 aromatic heterocycles. The van der Waals surface area contributed by atoms with Crippen molar-refractivity contribution in [1.29, 1.82) is 0 Å². The van der Waals surface area contributed by atoms with E-state index in [0.717, 1.165) is 10.4 Å². The van der Waals surface area contributed by atoms with Crippen LogP contribution in [0.25, 0.3) is 9.40 Å². The largest absolute Gasteiger partial charge is 0.383 e. The van der Waals surface area contributed by atoms with E-state index >= 15 is 0 Å². The number of halogens is 1. The highest BCUT2D eigenvalue weighted by molar-refractivity contribution is 7.26. The van der Waals surface area contributed by atoms with Crippen molar-refractivity contribution in [2.45, 2.75) is 6.10 Å². The fraction of sp³-hybridized carbons (Fsp3) is 0.0769. The molecule has 1 nitrogen and oxygen atoms in total. The van der Waals surface area contributed by atoms with Gasteiger partial charge in [0.2, 0.25) is 0 Å². The second kappa shape index (κ2) is 4.42. The standard InChI is InChI=1S/C13H9ClOS2/c14-9-3-1-2-8(6-9)13(15)12-7-11-10(17-12)4-5-16-11/h1-7,13,15H. The molecular formula is C13H9ClOS2. The third-order valence-electron chi connectivity index (χ3n) is 2.59. The second-order valence-corrected chi connectivity index (χ2v) is 6.25. The highest BCUT2D eigenvalue weighted by Gasteiger charge is 2.14. The third-order valence-corrected chi connectivity index (χ3v) is 4.97. The highest BCUT2D eigenvalue weighted by atomic mass is 35.5. The minimum atomic E-state index is -0.585. The van der Waals surface area contributed by atoms with Gasteiger partial charge in [-0.3, -0.25) is 0 Å². The molecule has 1 unspecified atom stereocenters. The van der Waals surface area contributed by atoms with Crippen molar-refractivity contribution in [3.63, 3.8) is 0 Å². The van der Waals surface area contributed by atoms with Crippen molar-refractivity contribution < 1.29 is 5.11 Å². The average molecular weight is 281 g/mol. The van der Waals surface area contributed by atoms with Gasteiger partial charge in [0.1, 0.15) is 6.10 Å². The first-order chi connectivity index (χ1) is 8.24. The first-order valence-electron chi connectivity index (χ1n) is 5.14. The molecule has 0 aliphatic carbocycles. The van der Waals surface area contributed by atoms with Crippen molar-refractivity contribution in [2.75, 3.05) is 0 Å². The van der Waals surface area contributed by atoms with Gasteiger partial charge in [-0.05, 0) is 35.2 Å². The van der Waals surface area contributed by atoms with Crippen LogP contribution < -0.4 is 0 Å². The molecule has 0 fully saturated rings. The molecule has 4 heteroatoms. The molecule has 0 amide bonds. The minimum absolute atomic E-state index is 0.585. The maximum absolute atomic E-state index is 10.3. The van der Waals surface area contributed by atoms with Crippen LogP contribution >= 0.6 is 34.3 Å². The molecule has 3 rings (SSSR count). The normalized spacial score (nSPS) is 13.1. The molecule has 3 aromatic rings. The van der Waals surface area contributed by atoms with Gasteiger partial charge < -0.3 is 5.11 Å². The molecular weight excluding hydrogens is 272 g/mol. The van der Waals surface area contributed by atoms with Crippen LogP contribution in [0.3, 0.4) is 0 Å². The minimum Gasteiger partial charge on any atom is -0.383 e. The van der Waals surface area contributed by atoms with Gasteiger partial charge in [-0.15, -0.1) is 22.7 Å². The highest BCUT2D eigenvalue weighted by Crippen LogP contribution is 2.36. The van der Waals surface area contributed by atoms with Crippen molar-refractivity contribution in [1.82, 2.24) is 0 Å². The summed E-state index contributed by atoms with van der Waals surface area (Å²) in [6.45, 7) is 0. The number of aliphatic hydroxyl groups excluding tert-OH is 1. The molecule has 0 saturated heterocycles. The van der Waals surface area contributed by atoms with E-state index in [9.17, 15) is 5.11 Å². The number of thiophene rings is 2. The Morgan fingerprint density at radius 3 is 2.76 bits per heavy atom. The monoisotopic (exact) mass is 280 g/mol. The van der Waals surface area contributed by atoms with Crippen LogP contribution in [0.2, 0.25) is 5.02 Å². The maximum Gasteiger partial charge on any atom is 0.113 e. The van der Waals surface area contributed by atoms with E-state index in [-0.39, 0.29) is 0 Å². The lowest BCUT2D eigenvalue weighted by Gasteiger charge is -2.08. The molecule has 2 heterocycles. The molecule has 0 radical (unpaired) electrons. The summed E-state index contributed by atoms with van der Waals surface area (Å²) >= 11 is 9.26. The van der Waals surface area contributed by atoms with Crippen molar-refractivity contribution in [3.8, 4) is 0 Å². The van der Waals surface area contributed by atoms with Gasteiger partial charge in [-0.1, -0.05) is 23.7 Å². The Bertz CT molecular complexity index is 628. The molecule has 1 aromatic carbocycles. The van der Waals surface area contributed by atoms with E-state index in [2.05, 4.69) is 17.5 Å². The van der Waals surface area contributed by atoms with Gasteiger partial charge in [-0.25, -0.2) is 0 Å². The summed E-state index contributed by atoms with van der Waals surface area (Å²) in [5, 5.41) is 13.0. The molecule has 1 atom stereocenters. The van der Waals surface area contributed by atoms with Crippen LogP contribution in [-0.2, 0) is 0 Å². The predicted octanol–water partition coefficient (Wildman–Crippen LogP) is 4.70. The number of fused-ring (bicyclic) bond motifs is 1. The third kappa shape index (κ3) is 2.11. The average Bonchev–Trinajstić information content (AvgIpc) is 2.88. The molecule has 0 bridgehead atoms. The Labute approximate surface area is 112 Å². The van der Waals surface area contributed by atoms with E-state index in [0.29, 0.717) is 5.02 Å². The summed E-state index contributed by atoms with van der Waals surface area (Å²) in [5.74, 6) is 0. The van der Waals surface area contributed by atoms with Gasteiger partial charge in [0, 0.05) is 19.3 Å². The zero-order valence-corrected chi connectivity index (χ0v) is 11.1. The number of hydrogen-bond acceptors (Lipinski definition) is 3. The Morgan fingerprint density at radius 2 is 2.00 bits per heavy atom. The summed E-state index contributed by atoms with van der Waals surface area (Å²) in [5.41, 5.74) is 0.839. The molecule has 0 aliphatic rings. The lowest BCUT2D eigenvalue weighted by molar-refractivity contribution is 0.224. The van der Waals surface area contributed by atoms with Gasteiger partial charge >= 0.3 is 0 Å². The van der Waals surface area contributed by atoms with Crippen molar-refractivity contribution in [3.05, 3.63) is 57.2 Å².